The van der Waals surface area contributed by atoms with Crippen LogP contribution in [0.25, 0.3) is 0 Å². The molecular formula is C18H21NO3S. The highest BCUT2D eigenvalue weighted by Gasteiger charge is 2.43. The largest absolute Gasteiger partial charge is 0.387 e. The second-order valence-corrected chi connectivity index (χ2v) is 8.15. The van der Waals surface area contributed by atoms with Crippen molar-refractivity contribution in [3.63, 3.8) is 0 Å². The van der Waals surface area contributed by atoms with Crippen LogP contribution in [0.15, 0.2) is 59.5 Å². The number of hydrogen-bond donors (Lipinski definition) is 1. The smallest absolute Gasteiger partial charge is 0.175 e. The van der Waals surface area contributed by atoms with Gasteiger partial charge in [0.25, 0.3) is 0 Å². The molecule has 5 heteroatoms. The van der Waals surface area contributed by atoms with E-state index in [4.69, 9.17) is 0 Å². The Kier molecular flexibility index (Phi) is 4.27. The van der Waals surface area contributed by atoms with Crippen LogP contribution in [0.3, 0.4) is 0 Å². The fraction of sp³-hybridized carbons (Fsp3) is 0.333. The summed E-state index contributed by atoms with van der Waals surface area (Å²) < 4.78 is 23.0. The third kappa shape index (κ3) is 3.47. The third-order valence-electron chi connectivity index (χ3n) is 4.48. The molecule has 0 radical (unpaired) electrons. The van der Waals surface area contributed by atoms with Crippen molar-refractivity contribution < 1.29 is 13.5 Å². The van der Waals surface area contributed by atoms with Crippen molar-refractivity contribution in [1.82, 2.24) is 4.90 Å². The maximum absolute atomic E-state index is 11.5. The van der Waals surface area contributed by atoms with E-state index in [1.54, 1.807) is 24.3 Å². The van der Waals surface area contributed by atoms with E-state index in [0.717, 1.165) is 12.1 Å². The van der Waals surface area contributed by atoms with E-state index in [9.17, 15) is 13.5 Å². The lowest BCUT2D eigenvalue weighted by atomic mass is 10.1. The van der Waals surface area contributed by atoms with E-state index in [-0.39, 0.29) is 17.0 Å². The number of aliphatic hydroxyl groups excluding tert-OH is 1. The van der Waals surface area contributed by atoms with E-state index in [0.29, 0.717) is 0 Å². The van der Waals surface area contributed by atoms with Crippen LogP contribution in [0.5, 0.6) is 0 Å². The monoisotopic (exact) mass is 331 g/mol. The Morgan fingerprint density at radius 1 is 1.04 bits per heavy atom. The van der Waals surface area contributed by atoms with E-state index in [1.165, 1.54) is 11.8 Å². The fourth-order valence-electron chi connectivity index (χ4n) is 2.95. The predicted octanol–water partition coefficient (Wildman–Crippen LogP) is 2.57. The summed E-state index contributed by atoms with van der Waals surface area (Å²) in [7, 11) is -3.20. The van der Waals surface area contributed by atoms with Crippen LogP contribution < -0.4 is 0 Å². The lowest BCUT2D eigenvalue weighted by molar-refractivity contribution is 0.151. The van der Waals surface area contributed by atoms with Crippen molar-refractivity contribution in [2.45, 2.75) is 30.0 Å². The Morgan fingerprint density at radius 2 is 1.65 bits per heavy atom. The number of aliphatic hydroxyl groups is 1. The third-order valence-corrected chi connectivity index (χ3v) is 5.61. The first kappa shape index (κ1) is 16.2. The van der Waals surface area contributed by atoms with Gasteiger partial charge in [-0.15, -0.1) is 0 Å². The van der Waals surface area contributed by atoms with Crippen LogP contribution in [0.4, 0.5) is 0 Å². The van der Waals surface area contributed by atoms with Crippen LogP contribution in [0.1, 0.15) is 30.2 Å². The Balaban J connectivity index is 1.69. The number of rotatable bonds is 5. The molecule has 4 nitrogen and oxygen atoms in total. The lowest BCUT2D eigenvalue weighted by Crippen LogP contribution is -2.14. The average Bonchev–Trinajstić information content (AvgIpc) is 3.34. The molecule has 1 N–H and O–H groups in total. The van der Waals surface area contributed by atoms with Gasteiger partial charge in [-0.05, 0) is 30.2 Å². The van der Waals surface area contributed by atoms with E-state index < -0.39 is 15.9 Å². The predicted molar refractivity (Wildman–Crippen MR) is 89.9 cm³/mol. The van der Waals surface area contributed by atoms with Gasteiger partial charge in [0.1, 0.15) is 0 Å². The minimum Gasteiger partial charge on any atom is -0.387 e. The Hall–Kier alpha value is -1.69. The molecule has 1 aliphatic rings. The molecule has 4 atom stereocenters. The molecule has 3 rings (SSSR count). The summed E-state index contributed by atoms with van der Waals surface area (Å²) in [5.41, 5.74) is 1.99. The molecule has 0 aliphatic carbocycles. The number of benzene rings is 2. The first-order valence-corrected chi connectivity index (χ1v) is 9.56. The zero-order valence-electron chi connectivity index (χ0n) is 13.3. The number of nitrogens with zero attached hydrogens (tertiary/aromatic N) is 1. The molecule has 23 heavy (non-hydrogen) atoms. The van der Waals surface area contributed by atoms with Crippen molar-refractivity contribution in [1.29, 1.82) is 0 Å². The molecule has 1 aliphatic heterocycles. The van der Waals surface area contributed by atoms with E-state index in [2.05, 4.69) is 24.0 Å². The molecule has 1 fully saturated rings. The molecule has 1 heterocycles. The van der Waals surface area contributed by atoms with Crippen molar-refractivity contribution in [2.75, 3.05) is 12.8 Å². The second kappa shape index (κ2) is 6.07. The van der Waals surface area contributed by atoms with Gasteiger partial charge in [-0.1, -0.05) is 42.5 Å². The lowest BCUT2D eigenvalue weighted by Gasteiger charge is -2.17. The van der Waals surface area contributed by atoms with Crippen molar-refractivity contribution in [2.24, 2.45) is 0 Å². The van der Waals surface area contributed by atoms with Gasteiger partial charge in [0.05, 0.1) is 17.0 Å². The maximum Gasteiger partial charge on any atom is 0.175 e. The molecule has 0 aromatic heterocycles. The summed E-state index contributed by atoms with van der Waals surface area (Å²) in [6.45, 7) is 2.97. The minimum atomic E-state index is -3.20. The van der Waals surface area contributed by atoms with Crippen molar-refractivity contribution in [3.8, 4) is 0 Å². The Bertz CT molecular complexity index is 772. The molecule has 2 aromatic carbocycles. The molecule has 2 aromatic rings. The van der Waals surface area contributed by atoms with Gasteiger partial charge in [-0.25, -0.2) is 8.42 Å². The minimum absolute atomic E-state index is 0.0780. The highest BCUT2D eigenvalue weighted by Crippen LogP contribution is 2.38. The van der Waals surface area contributed by atoms with Crippen LogP contribution in [0.2, 0.25) is 0 Å². The topological polar surface area (TPSA) is 57.4 Å². The molecule has 122 valence electrons. The first-order valence-electron chi connectivity index (χ1n) is 7.66. The molecular weight excluding hydrogens is 310 g/mol. The van der Waals surface area contributed by atoms with Gasteiger partial charge in [0, 0.05) is 18.8 Å². The SMILES string of the molecule is CC(c1ccccc1)N1CC1C(O)c1ccc(S(C)(=O)=O)cc1. The van der Waals surface area contributed by atoms with Gasteiger partial charge < -0.3 is 5.11 Å². The van der Waals surface area contributed by atoms with Crippen LogP contribution in [-0.4, -0.2) is 37.3 Å². The van der Waals surface area contributed by atoms with Crippen molar-refractivity contribution >= 4 is 9.84 Å². The highest BCUT2D eigenvalue weighted by atomic mass is 32.2. The summed E-state index contributed by atoms with van der Waals surface area (Å²) in [4.78, 5) is 2.52. The summed E-state index contributed by atoms with van der Waals surface area (Å²) in [6.07, 6.45) is 0.581. The maximum atomic E-state index is 11.5. The summed E-state index contributed by atoms with van der Waals surface area (Å²) in [5, 5.41) is 10.5. The zero-order chi connectivity index (χ0) is 16.6. The second-order valence-electron chi connectivity index (χ2n) is 6.14. The van der Waals surface area contributed by atoms with Crippen LogP contribution in [0, 0.1) is 0 Å². The Morgan fingerprint density at radius 3 is 2.22 bits per heavy atom. The number of sulfone groups is 1. The Labute approximate surface area is 137 Å². The molecule has 1 saturated heterocycles. The summed E-state index contributed by atoms with van der Waals surface area (Å²) >= 11 is 0. The summed E-state index contributed by atoms with van der Waals surface area (Å²) in [5.74, 6) is 0. The molecule has 0 spiro atoms. The van der Waals surface area contributed by atoms with Crippen LogP contribution in [-0.2, 0) is 9.84 Å². The van der Waals surface area contributed by atoms with Gasteiger partial charge in [-0.2, -0.15) is 0 Å². The van der Waals surface area contributed by atoms with E-state index >= 15 is 0 Å². The van der Waals surface area contributed by atoms with Crippen molar-refractivity contribution in [3.05, 3.63) is 65.7 Å². The molecule has 4 unspecified atom stereocenters. The quantitative estimate of drug-likeness (QED) is 0.856. The standard InChI is InChI=1S/C18H21NO3S/c1-13(14-6-4-3-5-7-14)19-12-17(19)18(20)15-8-10-16(11-9-15)23(2,21)22/h3-11,13,17-18,20H,12H2,1-2H3. The molecule has 0 amide bonds. The summed E-state index contributed by atoms with van der Waals surface area (Å²) in [6, 6.07) is 17.1. The molecule has 0 bridgehead atoms. The highest BCUT2D eigenvalue weighted by molar-refractivity contribution is 7.90. The fourth-order valence-corrected chi connectivity index (χ4v) is 3.58. The normalized spacial score (nSPS) is 23.3. The average molecular weight is 331 g/mol. The molecule has 0 saturated carbocycles. The van der Waals surface area contributed by atoms with Gasteiger partial charge in [-0.3, -0.25) is 4.90 Å². The van der Waals surface area contributed by atoms with E-state index in [1.807, 2.05) is 18.2 Å². The first-order chi connectivity index (χ1) is 10.9. The number of hydrogen-bond acceptors (Lipinski definition) is 4. The van der Waals surface area contributed by atoms with Gasteiger partial charge in [0.15, 0.2) is 9.84 Å². The zero-order valence-corrected chi connectivity index (χ0v) is 14.1. The van der Waals surface area contributed by atoms with Gasteiger partial charge in [0.2, 0.25) is 0 Å². The van der Waals surface area contributed by atoms with Crippen LogP contribution >= 0.6 is 0 Å². The van der Waals surface area contributed by atoms with Gasteiger partial charge >= 0.3 is 0 Å².